The number of fused-ring (bicyclic) bond motifs is 1. The van der Waals surface area contributed by atoms with Gasteiger partial charge in [0.05, 0.1) is 18.8 Å². The van der Waals surface area contributed by atoms with Gasteiger partial charge < -0.3 is 25.4 Å². The summed E-state index contributed by atoms with van der Waals surface area (Å²) in [5.74, 6) is 0.00647. The van der Waals surface area contributed by atoms with Crippen molar-refractivity contribution in [1.29, 1.82) is 0 Å². The summed E-state index contributed by atoms with van der Waals surface area (Å²) < 4.78 is 5.60. The number of benzene rings is 1. The standard InChI is InChI=1S/C18H26N4O4/c1-3-22(11-17(23)24)14-8-13(9-14)20-18(25)19-12-4-5-16-15(10-12)21(2)6-7-26-16/h4-5,10,13-14H,3,6-9,11H2,1-2H3,(H,23,24)(H2,19,20,25). The number of anilines is 2. The molecule has 1 saturated carbocycles. The summed E-state index contributed by atoms with van der Waals surface area (Å²) in [6, 6.07) is 5.65. The summed E-state index contributed by atoms with van der Waals surface area (Å²) in [6.45, 7) is 4.17. The molecule has 3 rings (SSSR count). The molecule has 0 radical (unpaired) electrons. The lowest BCUT2D eigenvalue weighted by Crippen LogP contribution is -2.55. The monoisotopic (exact) mass is 362 g/mol. The topological polar surface area (TPSA) is 94.1 Å². The van der Waals surface area contributed by atoms with Gasteiger partial charge in [-0.2, -0.15) is 0 Å². The van der Waals surface area contributed by atoms with Gasteiger partial charge in [0.15, 0.2) is 0 Å². The number of carbonyl (C=O) groups is 2. The van der Waals surface area contributed by atoms with Gasteiger partial charge in [-0.15, -0.1) is 0 Å². The minimum atomic E-state index is -0.817. The van der Waals surface area contributed by atoms with Gasteiger partial charge in [0.2, 0.25) is 0 Å². The van der Waals surface area contributed by atoms with Crippen molar-refractivity contribution in [3.8, 4) is 5.75 Å². The molecule has 0 unspecified atom stereocenters. The quantitative estimate of drug-likeness (QED) is 0.711. The summed E-state index contributed by atoms with van der Waals surface area (Å²) in [5.41, 5.74) is 1.68. The lowest BCUT2D eigenvalue weighted by molar-refractivity contribution is -0.139. The van der Waals surface area contributed by atoms with E-state index in [0.29, 0.717) is 13.2 Å². The molecular formula is C18H26N4O4. The maximum atomic E-state index is 12.2. The van der Waals surface area contributed by atoms with Crippen LogP contribution >= 0.6 is 0 Å². The molecule has 0 atom stereocenters. The zero-order valence-electron chi connectivity index (χ0n) is 15.2. The van der Waals surface area contributed by atoms with E-state index in [4.69, 9.17) is 9.84 Å². The van der Waals surface area contributed by atoms with Gasteiger partial charge in [0.1, 0.15) is 12.4 Å². The van der Waals surface area contributed by atoms with Crippen molar-refractivity contribution in [2.75, 3.05) is 43.5 Å². The maximum absolute atomic E-state index is 12.2. The number of carboxylic acids is 1. The van der Waals surface area contributed by atoms with Crippen LogP contribution in [0.2, 0.25) is 0 Å². The molecule has 26 heavy (non-hydrogen) atoms. The lowest BCUT2D eigenvalue weighted by Gasteiger charge is -2.42. The Kier molecular flexibility index (Phi) is 5.51. The third-order valence-electron chi connectivity index (χ3n) is 5.02. The van der Waals surface area contributed by atoms with Crippen LogP contribution in [-0.2, 0) is 4.79 Å². The number of nitrogens with one attached hydrogen (secondary N) is 2. The Hall–Kier alpha value is -2.48. The maximum Gasteiger partial charge on any atom is 0.319 e. The molecule has 1 fully saturated rings. The summed E-state index contributed by atoms with van der Waals surface area (Å²) in [5, 5.41) is 14.7. The predicted octanol–water partition coefficient (Wildman–Crippen LogP) is 1.57. The molecule has 2 aliphatic rings. The molecule has 0 aromatic heterocycles. The van der Waals surface area contributed by atoms with E-state index in [1.165, 1.54) is 0 Å². The van der Waals surface area contributed by atoms with E-state index in [2.05, 4.69) is 15.5 Å². The van der Waals surface area contributed by atoms with Crippen LogP contribution in [0.3, 0.4) is 0 Å². The van der Waals surface area contributed by atoms with E-state index in [1.54, 1.807) is 0 Å². The second-order valence-electron chi connectivity index (χ2n) is 6.83. The van der Waals surface area contributed by atoms with Crippen molar-refractivity contribution in [1.82, 2.24) is 10.2 Å². The number of carboxylic acid groups (broad SMARTS) is 1. The lowest BCUT2D eigenvalue weighted by atomic mass is 9.85. The van der Waals surface area contributed by atoms with Gasteiger partial charge in [-0.25, -0.2) is 4.79 Å². The van der Waals surface area contributed by atoms with E-state index >= 15 is 0 Å². The Bertz CT molecular complexity index is 675. The smallest absolute Gasteiger partial charge is 0.319 e. The molecule has 1 aromatic rings. The Morgan fingerprint density at radius 3 is 2.85 bits per heavy atom. The molecule has 3 N–H and O–H groups in total. The van der Waals surface area contributed by atoms with Crippen molar-refractivity contribution in [2.24, 2.45) is 0 Å². The molecule has 8 heteroatoms. The zero-order valence-corrected chi connectivity index (χ0v) is 15.2. The Morgan fingerprint density at radius 1 is 1.38 bits per heavy atom. The van der Waals surface area contributed by atoms with Crippen LogP contribution in [0.15, 0.2) is 18.2 Å². The Balaban J connectivity index is 1.48. The Morgan fingerprint density at radius 2 is 2.15 bits per heavy atom. The molecule has 0 saturated heterocycles. The van der Waals surface area contributed by atoms with Crippen LogP contribution < -0.4 is 20.3 Å². The van der Waals surface area contributed by atoms with Crippen molar-refractivity contribution in [2.45, 2.75) is 31.8 Å². The molecular weight excluding hydrogens is 336 g/mol. The number of aliphatic carboxylic acids is 1. The SMILES string of the molecule is CCN(CC(=O)O)C1CC(NC(=O)Nc2ccc3c(c2)N(C)CCO3)C1. The molecule has 1 aliphatic carbocycles. The van der Waals surface area contributed by atoms with E-state index in [-0.39, 0.29) is 24.7 Å². The molecule has 142 valence electrons. The van der Waals surface area contributed by atoms with Gasteiger partial charge in [-0.05, 0) is 37.6 Å². The second-order valence-corrected chi connectivity index (χ2v) is 6.83. The highest BCUT2D eigenvalue weighted by Crippen LogP contribution is 2.33. The predicted molar refractivity (Wildman–Crippen MR) is 99.1 cm³/mol. The third-order valence-corrected chi connectivity index (χ3v) is 5.02. The van der Waals surface area contributed by atoms with Gasteiger partial charge >= 0.3 is 12.0 Å². The molecule has 0 spiro atoms. The molecule has 2 amide bonds. The summed E-state index contributed by atoms with van der Waals surface area (Å²) in [7, 11) is 2.00. The van der Waals surface area contributed by atoms with E-state index in [9.17, 15) is 9.59 Å². The minimum Gasteiger partial charge on any atom is -0.490 e. The van der Waals surface area contributed by atoms with Gasteiger partial charge in [-0.3, -0.25) is 9.69 Å². The van der Waals surface area contributed by atoms with E-state index < -0.39 is 5.97 Å². The van der Waals surface area contributed by atoms with Gasteiger partial charge in [-0.1, -0.05) is 6.92 Å². The first-order chi connectivity index (χ1) is 12.5. The highest BCUT2D eigenvalue weighted by molar-refractivity contribution is 5.90. The summed E-state index contributed by atoms with van der Waals surface area (Å²) in [6.07, 6.45) is 1.55. The first kappa shape index (κ1) is 18.3. The van der Waals surface area contributed by atoms with Crippen molar-refractivity contribution in [3.05, 3.63) is 18.2 Å². The largest absolute Gasteiger partial charge is 0.490 e. The number of hydrogen-bond donors (Lipinski definition) is 3. The number of rotatable bonds is 6. The molecule has 8 nitrogen and oxygen atoms in total. The normalized spacial score (nSPS) is 21.4. The average molecular weight is 362 g/mol. The second kappa shape index (κ2) is 7.82. The summed E-state index contributed by atoms with van der Waals surface area (Å²) in [4.78, 5) is 27.1. The van der Waals surface area contributed by atoms with Crippen LogP contribution in [0.4, 0.5) is 16.2 Å². The number of likely N-dealkylation sites (N-methyl/N-ethyl adjacent to an activating group) is 2. The fourth-order valence-corrected chi connectivity index (χ4v) is 3.46. The zero-order chi connectivity index (χ0) is 18.7. The minimum absolute atomic E-state index is 0.0464. The van der Waals surface area contributed by atoms with Crippen molar-refractivity contribution in [3.63, 3.8) is 0 Å². The van der Waals surface area contributed by atoms with Crippen molar-refractivity contribution < 1.29 is 19.4 Å². The number of amides is 2. The molecule has 1 aliphatic heterocycles. The number of urea groups is 1. The average Bonchev–Trinajstić information content (AvgIpc) is 2.56. The van der Waals surface area contributed by atoms with Crippen LogP contribution in [0, 0.1) is 0 Å². The summed E-state index contributed by atoms with van der Waals surface area (Å²) >= 11 is 0. The Labute approximate surface area is 153 Å². The number of nitrogens with zero attached hydrogens (tertiary/aromatic N) is 2. The van der Waals surface area contributed by atoms with Crippen molar-refractivity contribution >= 4 is 23.4 Å². The molecule has 1 heterocycles. The van der Waals surface area contributed by atoms with Gasteiger partial charge in [0.25, 0.3) is 0 Å². The fourth-order valence-electron chi connectivity index (χ4n) is 3.46. The van der Waals surface area contributed by atoms with Crippen LogP contribution in [-0.4, -0.2) is 67.4 Å². The third kappa shape index (κ3) is 4.19. The first-order valence-electron chi connectivity index (χ1n) is 8.97. The highest BCUT2D eigenvalue weighted by Gasteiger charge is 2.34. The van der Waals surface area contributed by atoms with Crippen LogP contribution in [0.1, 0.15) is 19.8 Å². The number of ether oxygens (including phenoxy) is 1. The number of carbonyl (C=O) groups excluding carboxylic acids is 1. The van der Waals surface area contributed by atoms with E-state index in [0.717, 1.165) is 36.5 Å². The number of hydrogen-bond acceptors (Lipinski definition) is 5. The fraction of sp³-hybridized carbons (Fsp3) is 0.556. The van der Waals surface area contributed by atoms with Crippen LogP contribution in [0.5, 0.6) is 5.75 Å². The molecule has 1 aromatic carbocycles. The molecule has 0 bridgehead atoms. The highest BCUT2D eigenvalue weighted by atomic mass is 16.5. The van der Waals surface area contributed by atoms with Crippen LogP contribution in [0.25, 0.3) is 0 Å². The first-order valence-corrected chi connectivity index (χ1v) is 8.97. The van der Waals surface area contributed by atoms with E-state index in [1.807, 2.05) is 37.1 Å². The van der Waals surface area contributed by atoms with Gasteiger partial charge in [0, 0.05) is 24.8 Å².